The highest BCUT2D eigenvalue weighted by Crippen LogP contribution is 2.29. The van der Waals surface area contributed by atoms with Gasteiger partial charge in [0.1, 0.15) is 5.69 Å². The second-order valence-corrected chi connectivity index (χ2v) is 7.88. The maximum absolute atomic E-state index is 12.6. The number of carbonyl (C=O) groups excluding carboxylic acids is 1. The largest absolute Gasteiger partial charge is 0.402 e. The fourth-order valence-corrected chi connectivity index (χ4v) is 3.69. The van der Waals surface area contributed by atoms with Gasteiger partial charge in [-0.1, -0.05) is 65.7 Å². The molecule has 0 atom stereocenters. The van der Waals surface area contributed by atoms with Gasteiger partial charge >= 0.3 is 5.97 Å². The van der Waals surface area contributed by atoms with E-state index in [0.717, 1.165) is 11.3 Å². The van der Waals surface area contributed by atoms with Gasteiger partial charge in [-0.05, 0) is 42.5 Å². The molecule has 0 saturated heterocycles. The van der Waals surface area contributed by atoms with Crippen molar-refractivity contribution in [3.63, 3.8) is 0 Å². The van der Waals surface area contributed by atoms with E-state index in [1.165, 1.54) is 0 Å². The van der Waals surface area contributed by atoms with Crippen LogP contribution in [0.4, 0.5) is 0 Å². The molecule has 1 aliphatic rings. The number of nitrogens with zero attached hydrogens (tertiary/aromatic N) is 3. The number of aliphatic imine (C=N–C) groups is 1. The Morgan fingerprint density at radius 2 is 1.59 bits per heavy atom. The number of cyclic esters (lactones) is 1. The van der Waals surface area contributed by atoms with Crippen LogP contribution < -0.4 is 0 Å². The van der Waals surface area contributed by atoms with Gasteiger partial charge in [-0.3, -0.25) is 0 Å². The van der Waals surface area contributed by atoms with Gasteiger partial charge in [-0.25, -0.2) is 14.5 Å². The molecule has 0 aliphatic carbocycles. The zero-order valence-electron chi connectivity index (χ0n) is 16.6. The number of benzene rings is 3. The normalized spacial score (nSPS) is 14.5. The van der Waals surface area contributed by atoms with Crippen molar-refractivity contribution in [1.82, 2.24) is 9.78 Å². The van der Waals surface area contributed by atoms with E-state index in [1.807, 2.05) is 54.7 Å². The summed E-state index contributed by atoms with van der Waals surface area (Å²) in [5, 5.41) is 5.83. The zero-order chi connectivity index (χ0) is 22.1. The summed E-state index contributed by atoms with van der Waals surface area (Å²) >= 11 is 12.3. The van der Waals surface area contributed by atoms with Gasteiger partial charge in [-0.15, -0.1) is 0 Å². The predicted octanol–water partition coefficient (Wildman–Crippen LogP) is 6.19. The lowest BCUT2D eigenvalue weighted by Gasteiger charge is -2.01. The molecule has 0 bridgehead atoms. The number of hydrogen-bond donors (Lipinski definition) is 0. The summed E-state index contributed by atoms with van der Waals surface area (Å²) in [6.07, 6.45) is 3.52. The van der Waals surface area contributed by atoms with E-state index < -0.39 is 5.97 Å². The minimum atomic E-state index is -0.547. The van der Waals surface area contributed by atoms with Gasteiger partial charge in [-0.2, -0.15) is 5.10 Å². The van der Waals surface area contributed by atoms with Crippen LogP contribution in [0, 0.1) is 0 Å². The van der Waals surface area contributed by atoms with Crippen LogP contribution in [0.1, 0.15) is 11.1 Å². The predicted molar refractivity (Wildman–Crippen MR) is 126 cm³/mol. The van der Waals surface area contributed by atoms with Gasteiger partial charge < -0.3 is 4.74 Å². The molecule has 0 fully saturated rings. The van der Waals surface area contributed by atoms with Crippen molar-refractivity contribution >= 4 is 41.1 Å². The number of halogens is 2. The highest BCUT2D eigenvalue weighted by molar-refractivity contribution is 6.34. The number of carbonyl (C=O) groups is 1. The number of para-hydroxylation sites is 1. The number of ether oxygens (including phenoxy) is 1. The van der Waals surface area contributed by atoms with Gasteiger partial charge in [0.15, 0.2) is 5.70 Å². The van der Waals surface area contributed by atoms with Crippen LogP contribution in [0.15, 0.2) is 95.7 Å². The summed E-state index contributed by atoms with van der Waals surface area (Å²) in [5.41, 5.74) is 3.88. The molecule has 0 amide bonds. The smallest absolute Gasteiger partial charge is 0.363 e. The molecule has 156 valence electrons. The SMILES string of the molecule is O=C1OC(c2ccccc2Cl)=N/C1=C\c1cn(-c2ccccc2)nc1-c1ccc(Cl)cc1. The Hall–Kier alpha value is -3.67. The van der Waals surface area contributed by atoms with Crippen molar-refractivity contribution in [3.8, 4) is 16.9 Å². The van der Waals surface area contributed by atoms with Crippen LogP contribution in [0.25, 0.3) is 23.0 Å². The van der Waals surface area contributed by atoms with E-state index >= 15 is 0 Å². The van der Waals surface area contributed by atoms with E-state index in [2.05, 4.69) is 4.99 Å². The Balaban J connectivity index is 1.61. The first-order valence-corrected chi connectivity index (χ1v) is 10.5. The third kappa shape index (κ3) is 3.96. The van der Waals surface area contributed by atoms with E-state index in [4.69, 9.17) is 33.0 Å². The Morgan fingerprint density at radius 3 is 2.34 bits per heavy atom. The molecular formula is C25H15Cl2N3O2. The summed E-state index contributed by atoms with van der Waals surface area (Å²) in [4.78, 5) is 16.9. The lowest BCUT2D eigenvalue weighted by atomic mass is 10.1. The summed E-state index contributed by atoms with van der Waals surface area (Å²) in [6, 6.07) is 24.2. The van der Waals surface area contributed by atoms with Crippen molar-refractivity contribution in [1.29, 1.82) is 0 Å². The molecule has 5 nitrogen and oxygen atoms in total. The van der Waals surface area contributed by atoms with Crippen LogP contribution >= 0.6 is 23.2 Å². The fraction of sp³-hybridized carbons (Fsp3) is 0. The van der Waals surface area contributed by atoms with Crippen molar-refractivity contribution in [2.24, 2.45) is 4.99 Å². The first kappa shape index (κ1) is 20.2. The van der Waals surface area contributed by atoms with Crippen LogP contribution in [0.3, 0.4) is 0 Å². The molecule has 0 spiro atoms. The number of esters is 1. The second-order valence-electron chi connectivity index (χ2n) is 7.04. The van der Waals surface area contributed by atoms with Crippen molar-refractivity contribution in [3.05, 3.63) is 112 Å². The fourth-order valence-electron chi connectivity index (χ4n) is 3.34. The maximum atomic E-state index is 12.6. The topological polar surface area (TPSA) is 56.5 Å². The van der Waals surface area contributed by atoms with Gasteiger partial charge in [0, 0.05) is 22.3 Å². The van der Waals surface area contributed by atoms with E-state index in [1.54, 1.807) is 41.1 Å². The molecule has 0 N–H and O–H groups in total. The number of aromatic nitrogens is 2. The highest BCUT2D eigenvalue weighted by Gasteiger charge is 2.26. The second kappa shape index (κ2) is 8.46. The first-order valence-electron chi connectivity index (χ1n) is 9.77. The van der Waals surface area contributed by atoms with Crippen LogP contribution in [-0.2, 0) is 9.53 Å². The maximum Gasteiger partial charge on any atom is 0.363 e. The minimum Gasteiger partial charge on any atom is -0.402 e. The van der Waals surface area contributed by atoms with Gasteiger partial charge in [0.05, 0.1) is 16.3 Å². The molecule has 0 unspecified atom stereocenters. The van der Waals surface area contributed by atoms with E-state index in [9.17, 15) is 4.79 Å². The Bertz CT molecular complexity index is 1370. The standard InChI is InChI=1S/C25H15Cl2N3O2/c26-18-12-10-16(11-13-18)23-17(15-30(29-23)19-6-2-1-3-7-19)14-22-25(31)32-24(28-22)20-8-4-5-9-21(20)27/h1-15H/b22-14-. The van der Waals surface area contributed by atoms with Crippen LogP contribution in [0.2, 0.25) is 10.0 Å². The third-order valence-electron chi connectivity index (χ3n) is 4.90. The van der Waals surface area contributed by atoms with Gasteiger partial charge in [0.25, 0.3) is 0 Å². The average Bonchev–Trinajstić information content (AvgIpc) is 3.39. The van der Waals surface area contributed by atoms with Crippen molar-refractivity contribution < 1.29 is 9.53 Å². The van der Waals surface area contributed by atoms with E-state index in [0.29, 0.717) is 26.9 Å². The quantitative estimate of drug-likeness (QED) is 0.270. The summed E-state index contributed by atoms with van der Waals surface area (Å²) < 4.78 is 7.14. The Labute approximate surface area is 194 Å². The average molecular weight is 460 g/mol. The molecule has 2 heterocycles. The monoisotopic (exact) mass is 459 g/mol. The molecule has 0 saturated carbocycles. The molecule has 1 aromatic heterocycles. The molecule has 0 radical (unpaired) electrons. The molecule has 5 rings (SSSR count). The highest BCUT2D eigenvalue weighted by atomic mass is 35.5. The molecular weight excluding hydrogens is 445 g/mol. The summed E-state index contributed by atoms with van der Waals surface area (Å²) in [6.45, 7) is 0. The summed E-state index contributed by atoms with van der Waals surface area (Å²) in [5.74, 6) is -0.371. The lowest BCUT2D eigenvalue weighted by molar-refractivity contribution is -0.129. The number of rotatable bonds is 4. The van der Waals surface area contributed by atoms with Crippen LogP contribution in [-0.4, -0.2) is 21.6 Å². The minimum absolute atomic E-state index is 0.169. The first-order chi connectivity index (χ1) is 15.6. The van der Waals surface area contributed by atoms with Crippen LogP contribution in [0.5, 0.6) is 0 Å². The zero-order valence-corrected chi connectivity index (χ0v) is 18.1. The molecule has 4 aromatic rings. The Morgan fingerprint density at radius 1 is 0.875 bits per heavy atom. The van der Waals surface area contributed by atoms with E-state index in [-0.39, 0.29) is 11.6 Å². The van der Waals surface area contributed by atoms with Crippen molar-refractivity contribution in [2.45, 2.75) is 0 Å². The van der Waals surface area contributed by atoms with Gasteiger partial charge in [0.2, 0.25) is 5.90 Å². The molecule has 7 heteroatoms. The summed E-state index contributed by atoms with van der Waals surface area (Å²) in [7, 11) is 0. The molecule has 3 aromatic carbocycles. The van der Waals surface area contributed by atoms with Crippen molar-refractivity contribution in [2.75, 3.05) is 0 Å². The number of hydrogen-bond acceptors (Lipinski definition) is 4. The third-order valence-corrected chi connectivity index (χ3v) is 5.48. The Kier molecular flexibility index (Phi) is 5.35. The molecule has 1 aliphatic heterocycles. The lowest BCUT2D eigenvalue weighted by Crippen LogP contribution is -2.05. The molecule has 32 heavy (non-hydrogen) atoms.